The number of allylic oxidation sites excluding steroid dienone is 10. The Morgan fingerprint density at radius 2 is 1.56 bits per heavy atom. The van der Waals surface area contributed by atoms with Gasteiger partial charge in [0.25, 0.3) is 0 Å². The molecule has 0 N–H and O–H groups in total. The number of hydrogen-bond acceptors (Lipinski definition) is 1. The molecule has 0 spiro atoms. The summed E-state index contributed by atoms with van der Waals surface area (Å²) in [7, 11) is 0. The van der Waals surface area contributed by atoms with Crippen molar-refractivity contribution in [3.63, 3.8) is 0 Å². The molecule has 5 unspecified atom stereocenters. The van der Waals surface area contributed by atoms with Crippen molar-refractivity contribution in [2.45, 2.75) is 34.3 Å². The first-order valence-electron chi connectivity index (χ1n) is 16.4. The van der Waals surface area contributed by atoms with E-state index >= 15 is 0 Å². The Balaban J connectivity index is 1.12. The molecular formula is C44H36S. The summed E-state index contributed by atoms with van der Waals surface area (Å²) >= 11 is 2.03. The van der Waals surface area contributed by atoms with E-state index in [-0.39, 0.29) is 5.41 Å². The van der Waals surface area contributed by atoms with Gasteiger partial charge in [-0.1, -0.05) is 151 Å². The van der Waals surface area contributed by atoms with Crippen molar-refractivity contribution in [3.8, 4) is 11.1 Å². The smallest absolute Gasteiger partial charge is 0.0679 e. The summed E-state index contributed by atoms with van der Waals surface area (Å²) in [5, 5.41) is 0.510. The van der Waals surface area contributed by atoms with Crippen molar-refractivity contribution in [2.75, 3.05) is 0 Å². The second-order valence-electron chi connectivity index (χ2n) is 13.1. The van der Waals surface area contributed by atoms with Gasteiger partial charge in [0.15, 0.2) is 0 Å². The van der Waals surface area contributed by atoms with Gasteiger partial charge < -0.3 is 0 Å². The maximum Gasteiger partial charge on any atom is 0.0679 e. The molecular weight excluding hydrogens is 561 g/mol. The van der Waals surface area contributed by atoms with Gasteiger partial charge in [-0.05, 0) is 81.2 Å². The maximum atomic E-state index is 4.33. The van der Waals surface area contributed by atoms with E-state index in [0.717, 1.165) is 12.8 Å². The van der Waals surface area contributed by atoms with Crippen molar-refractivity contribution in [2.24, 2.45) is 17.8 Å². The molecule has 5 atom stereocenters. The fourth-order valence-corrected chi connectivity index (χ4v) is 10.4. The van der Waals surface area contributed by atoms with Gasteiger partial charge in [-0.15, -0.1) is 18.3 Å². The maximum absolute atomic E-state index is 4.33. The first-order valence-corrected chi connectivity index (χ1v) is 17.2. The van der Waals surface area contributed by atoms with Gasteiger partial charge >= 0.3 is 0 Å². The van der Waals surface area contributed by atoms with Crippen LogP contribution in [0.1, 0.15) is 40.2 Å². The topological polar surface area (TPSA) is 0 Å². The fourth-order valence-electron chi connectivity index (χ4n) is 9.05. The van der Waals surface area contributed by atoms with E-state index in [1.54, 1.807) is 5.57 Å². The van der Waals surface area contributed by atoms with E-state index < -0.39 is 0 Å². The summed E-state index contributed by atoms with van der Waals surface area (Å²) in [6.07, 6.45) is 22.6. The number of benzene rings is 4. The zero-order valence-corrected chi connectivity index (χ0v) is 26.2. The van der Waals surface area contributed by atoms with Crippen LogP contribution in [0.2, 0.25) is 0 Å². The summed E-state index contributed by atoms with van der Waals surface area (Å²) in [5.41, 5.74) is 12.5. The lowest BCUT2D eigenvalue weighted by atomic mass is 9.66. The minimum Gasteiger partial charge on any atom is -0.117 e. The molecule has 1 heteroatoms. The zero-order chi connectivity index (χ0) is 30.0. The molecule has 4 aliphatic carbocycles. The predicted octanol–water partition coefficient (Wildman–Crippen LogP) is 10.8. The summed E-state index contributed by atoms with van der Waals surface area (Å²) in [4.78, 5) is 1.45. The van der Waals surface area contributed by atoms with Crippen LogP contribution in [0.3, 0.4) is 0 Å². The van der Waals surface area contributed by atoms with Gasteiger partial charge in [0, 0.05) is 16.1 Å². The van der Waals surface area contributed by atoms with Crippen molar-refractivity contribution >= 4 is 11.8 Å². The van der Waals surface area contributed by atoms with Crippen LogP contribution in [0, 0.1) is 17.8 Å². The third kappa shape index (κ3) is 4.07. The van der Waals surface area contributed by atoms with E-state index in [0.29, 0.717) is 28.9 Å². The Hall–Kier alpha value is -4.33. The highest BCUT2D eigenvalue weighted by Gasteiger charge is 2.53. The van der Waals surface area contributed by atoms with Gasteiger partial charge in [-0.3, -0.25) is 0 Å². The molecule has 9 rings (SSSR count). The Bertz CT molecular complexity index is 1950. The van der Waals surface area contributed by atoms with Crippen molar-refractivity contribution < 1.29 is 0 Å². The first-order chi connectivity index (χ1) is 22.3. The number of fused-ring (bicyclic) bond motifs is 6. The Kier molecular flexibility index (Phi) is 6.39. The van der Waals surface area contributed by atoms with Crippen LogP contribution < -0.4 is 0 Å². The van der Waals surface area contributed by atoms with Crippen LogP contribution in [-0.2, 0) is 11.8 Å². The quantitative estimate of drug-likeness (QED) is 0.200. The molecule has 4 aromatic carbocycles. The molecule has 218 valence electrons. The fraction of sp³-hybridized carbons (Fsp3) is 0.182. The highest BCUT2D eigenvalue weighted by molar-refractivity contribution is 8.00. The molecule has 0 aromatic heterocycles. The Labute approximate surface area is 271 Å². The number of thioether (sulfide) groups is 1. The SMILES string of the molecule is C=CC1C(Cc2cccc(C3(C4=CC=CC=CC4)c4ccccc4-c4ccccc43)c2)C1C1=CC=CC2Sc3ccccc3C12. The highest BCUT2D eigenvalue weighted by atomic mass is 32.2. The molecule has 1 fully saturated rings. The molecule has 0 nitrogen and oxygen atoms in total. The van der Waals surface area contributed by atoms with Crippen LogP contribution in [-0.4, -0.2) is 5.25 Å². The van der Waals surface area contributed by atoms with Crippen LogP contribution in [0.25, 0.3) is 11.1 Å². The minimum absolute atomic E-state index is 0.322. The molecule has 0 saturated heterocycles. The predicted molar refractivity (Wildman–Crippen MR) is 190 cm³/mol. The molecule has 0 bridgehead atoms. The number of hydrogen-bond donors (Lipinski definition) is 0. The molecule has 0 radical (unpaired) electrons. The van der Waals surface area contributed by atoms with Crippen molar-refractivity contribution in [1.82, 2.24) is 0 Å². The zero-order valence-electron chi connectivity index (χ0n) is 25.4. The molecule has 0 amide bonds. The monoisotopic (exact) mass is 596 g/mol. The van der Waals surface area contributed by atoms with E-state index in [2.05, 4.69) is 158 Å². The van der Waals surface area contributed by atoms with Crippen molar-refractivity contribution in [1.29, 1.82) is 0 Å². The van der Waals surface area contributed by atoms with Crippen molar-refractivity contribution in [3.05, 3.63) is 197 Å². The summed E-state index contributed by atoms with van der Waals surface area (Å²) < 4.78 is 0. The molecule has 4 aromatic rings. The largest absolute Gasteiger partial charge is 0.117 e. The summed E-state index contributed by atoms with van der Waals surface area (Å²) in [5.74, 6) is 2.14. The van der Waals surface area contributed by atoms with Gasteiger partial charge in [-0.2, -0.15) is 0 Å². The van der Waals surface area contributed by atoms with Crippen LogP contribution in [0.4, 0.5) is 0 Å². The summed E-state index contributed by atoms with van der Waals surface area (Å²) in [6.45, 7) is 4.33. The highest BCUT2D eigenvalue weighted by Crippen LogP contribution is 2.62. The first kappa shape index (κ1) is 27.0. The van der Waals surface area contributed by atoms with E-state index in [4.69, 9.17) is 0 Å². The number of rotatable bonds is 6. The standard InChI is InChI=1S/C44H36S/c1-2-32-37(42(32)36-22-14-26-41-43(36)35-21-9-12-25-40(35)45-41)28-29-15-13-18-31(27-29)44(30-16-5-3-4-6-17-30)38-23-10-7-19-33(38)34-20-8-11-24-39(34)44/h2-16,18-27,32,37,41-43H,1,17,28H2. The molecule has 1 saturated carbocycles. The van der Waals surface area contributed by atoms with Gasteiger partial charge in [0.2, 0.25) is 0 Å². The van der Waals surface area contributed by atoms with E-state index in [1.807, 2.05) is 11.8 Å². The molecule has 45 heavy (non-hydrogen) atoms. The average molecular weight is 597 g/mol. The van der Waals surface area contributed by atoms with E-state index in [9.17, 15) is 0 Å². The van der Waals surface area contributed by atoms with Gasteiger partial charge in [0.05, 0.1) is 5.41 Å². The van der Waals surface area contributed by atoms with E-state index in [1.165, 1.54) is 49.4 Å². The van der Waals surface area contributed by atoms with Gasteiger partial charge in [0.1, 0.15) is 0 Å². The van der Waals surface area contributed by atoms with Crippen LogP contribution in [0.5, 0.6) is 0 Å². The normalized spacial score (nSPS) is 26.2. The molecule has 5 aliphatic rings. The lowest BCUT2D eigenvalue weighted by Gasteiger charge is -2.36. The molecule has 1 heterocycles. The Morgan fingerprint density at radius 3 is 2.38 bits per heavy atom. The Morgan fingerprint density at radius 1 is 0.778 bits per heavy atom. The second-order valence-corrected chi connectivity index (χ2v) is 14.3. The third-order valence-electron chi connectivity index (χ3n) is 10.9. The lowest BCUT2D eigenvalue weighted by Crippen LogP contribution is -2.29. The lowest BCUT2D eigenvalue weighted by molar-refractivity contribution is 0.685. The van der Waals surface area contributed by atoms with Crippen LogP contribution >= 0.6 is 11.8 Å². The minimum atomic E-state index is -0.322. The molecule has 1 aliphatic heterocycles. The summed E-state index contributed by atoms with van der Waals surface area (Å²) in [6, 6.07) is 36.8. The third-order valence-corrected chi connectivity index (χ3v) is 12.3. The average Bonchev–Trinajstić information content (AvgIpc) is 3.64. The van der Waals surface area contributed by atoms with Crippen LogP contribution in [0.15, 0.2) is 174 Å². The van der Waals surface area contributed by atoms with Gasteiger partial charge in [-0.25, -0.2) is 0 Å². The second kappa shape index (κ2) is 10.6.